The predicted molar refractivity (Wildman–Crippen MR) is 170 cm³/mol. The molecule has 220 valence electrons. The first-order valence-electron chi connectivity index (χ1n) is 13.2. The van der Waals surface area contributed by atoms with Gasteiger partial charge in [0.15, 0.2) is 5.13 Å². The number of nitrogens with zero attached hydrogens (tertiary/aromatic N) is 1. The highest BCUT2D eigenvalue weighted by atomic mass is 32.2. The van der Waals surface area contributed by atoms with E-state index in [1.165, 1.54) is 59.5 Å². The second kappa shape index (κ2) is 14.4. The molecule has 5 rings (SSSR count). The van der Waals surface area contributed by atoms with Gasteiger partial charge in [-0.25, -0.2) is 13.8 Å². The van der Waals surface area contributed by atoms with Crippen molar-refractivity contribution in [2.24, 2.45) is 0 Å². The number of anilines is 2. The molecule has 0 bridgehead atoms. The number of amides is 3. The smallest absolute Gasteiger partial charge is 0.272 e. The number of nitrogens with one attached hydrogen (secondary N) is 3. The molecule has 0 saturated heterocycles. The lowest BCUT2D eigenvalue weighted by atomic mass is 10.1. The van der Waals surface area contributed by atoms with Crippen molar-refractivity contribution in [2.75, 3.05) is 16.4 Å². The van der Waals surface area contributed by atoms with E-state index in [4.69, 9.17) is 0 Å². The Hall–Kier alpha value is -5.13. The van der Waals surface area contributed by atoms with Crippen molar-refractivity contribution in [3.63, 3.8) is 0 Å². The fourth-order valence-corrected chi connectivity index (χ4v) is 5.43. The van der Waals surface area contributed by atoms with Gasteiger partial charge in [0.05, 0.1) is 11.4 Å². The summed E-state index contributed by atoms with van der Waals surface area (Å²) in [5.74, 6) is -2.26. The van der Waals surface area contributed by atoms with Crippen molar-refractivity contribution >= 4 is 57.7 Å². The number of thioether (sulfide) groups is 1. The maximum absolute atomic E-state index is 14.4. The highest BCUT2D eigenvalue weighted by Gasteiger charge is 2.16. The molecule has 5 aromatic rings. The third-order valence-electron chi connectivity index (χ3n) is 6.09. The van der Waals surface area contributed by atoms with Crippen LogP contribution in [0.1, 0.15) is 15.9 Å². The average Bonchev–Trinajstić information content (AvgIpc) is 3.50. The van der Waals surface area contributed by atoms with Crippen LogP contribution in [0.4, 0.5) is 19.6 Å². The standard InChI is InChI=1S/C33H24F2N4O3S2/c34-24-15-13-21(14-16-24)29-19-44-33(38-29)39-30(40)20-43-26-11-6-10-25(18-26)36-32(42)28(17-23-9-4-5-12-27(23)35)37-31(41)22-7-2-1-3-8-22/h1-19H,20H2,(H,36,42)(H,37,41)(H,38,39,40)/b28-17-. The molecule has 0 aliphatic carbocycles. The van der Waals surface area contributed by atoms with Gasteiger partial charge in [-0.1, -0.05) is 42.5 Å². The lowest BCUT2D eigenvalue weighted by Gasteiger charge is -2.12. The van der Waals surface area contributed by atoms with Crippen LogP contribution in [0.3, 0.4) is 0 Å². The molecule has 0 radical (unpaired) electrons. The number of carbonyl (C=O) groups is 3. The van der Waals surface area contributed by atoms with E-state index in [0.29, 0.717) is 27.0 Å². The molecule has 3 amide bonds. The zero-order valence-corrected chi connectivity index (χ0v) is 24.6. The van der Waals surface area contributed by atoms with Gasteiger partial charge in [-0.3, -0.25) is 14.4 Å². The van der Waals surface area contributed by atoms with Crippen molar-refractivity contribution in [1.29, 1.82) is 0 Å². The van der Waals surface area contributed by atoms with Gasteiger partial charge in [-0.2, -0.15) is 0 Å². The third kappa shape index (κ3) is 8.24. The van der Waals surface area contributed by atoms with Gasteiger partial charge in [-0.15, -0.1) is 23.1 Å². The van der Waals surface area contributed by atoms with Gasteiger partial charge < -0.3 is 16.0 Å². The number of rotatable bonds is 10. The van der Waals surface area contributed by atoms with Crippen molar-refractivity contribution in [3.8, 4) is 11.3 Å². The van der Waals surface area contributed by atoms with E-state index in [0.717, 1.165) is 5.56 Å². The Morgan fingerprint density at radius 2 is 1.59 bits per heavy atom. The molecule has 1 heterocycles. The van der Waals surface area contributed by atoms with E-state index in [-0.39, 0.29) is 28.7 Å². The summed E-state index contributed by atoms with van der Waals surface area (Å²) >= 11 is 2.51. The molecule has 3 N–H and O–H groups in total. The average molecular weight is 627 g/mol. The molecule has 0 spiro atoms. The quantitative estimate of drug-likeness (QED) is 0.112. The third-order valence-corrected chi connectivity index (χ3v) is 7.84. The first-order valence-corrected chi connectivity index (χ1v) is 15.1. The number of carbonyl (C=O) groups excluding carboxylic acids is 3. The lowest BCUT2D eigenvalue weighted by Crippen LogP contribution is -2.30. The number of hydrogen-bond donors (Lipinski definition) is 3. The molecule has 4 aromatic carbocycles. The Morgan fingerprint density at radius 3 is 2.36 bits per heavy atom. The Bertz CT molecular complexity index is 1830. The minimum atomic E-state index is -0.654. The fraction of sp³-hybridized carbons (Fsp3) is 0.0303. The number of thiazole rings is 1. The number of aromatic nitrogens is 1. The molecule has 7 nitrogen and oxygen atoms in total. The van der Waals surface area contributed by atoms with Crippen LogP contribution in [0.25, 0.3) is 17.3 Å². The van der Waals surface area contributed by atoms with Gasteiger partial charge in [0.25, 0.3) is 11.8 Å². The van der Waals surface area contributed by atoms with Crippen molar-refractivity contribution in [1.82, 2.24) is 10.3 Å². The van der Waals surface area contributed by atoms with E-state index in [2.05, 4.69) is 20.9 Å². The molecule has 0 unspecified atom stereocenters. The summed E-state index contributed by atoms with van der Waals surface area (Å²) in [6, 6.07) is 27.0. The minimum absolute atomic E-state index is 0.0778. The van der Waals surface area contributed by atoms with Crippen LogP contribution >= 0.6 is 23.1 Å². The van der Waals surface area contributed by atoms with Gasteiger partial charge in [0.2, 0.25) is 5.91 Å². The number of benzene rings is 4. The zero-order valence-electron chi connectivity index (χ0n) is 22.9. The molecule has 11 heteroatoms. The molecular formula is C33H24F2N4O3S2. The van der Waals surface area contributed by atoms with Crippen LogP contribution in [-0.4, -0.2) is 28.5 Å². The summed E-state index contributed by atoms with van der Waals surface area (Å²) in [5, 5.41) is 10.3. The molecular weight excluding hydrogens is 603 g/mol. The normalized spacial score (nSPS) is 11.1. The summed E-state index contributed by atoms with van der Waals surface area (Å²) in [5.41, 5.74) is 2.10. The number of hydrogen-bond acceptors (Lipinski definition) is 6. The molecule has 1 aromatic heterocycles. The van der Waals surface area contributed by atoms with Gasteiger partial charge >= 0.3 is 0 Å². The molecule has 44 heavy (non-hydrogen) atoms. The molecule has 0 saturated carbocycles. The second-order valence-electron chi connectivity index (χ2n) is 9.26. The highest BCUT2D eigenvalue weighted by molar-refractivity contribution is 8.00. The van der Waals surface area contributed by atoms with Crippen molar-refractivity contribution in [3.05, 3.63) is 137 Å². The summed E-state index contributed by atoms with van der Waals surface area (Å²) < 4.78 is 27.6. The van der Waals surface area contributed by atoms with E-state index < -0.39 is 17.6 Å². The summed E-state index contributed by atoms with van der Waals surface area (Å²) in [6.45, 7) is 0. The van der Waals surface area contributed by atoms with E-state index in [1.807, 2.05) is 0 Å². The first-order chi connectivity index (χ1) is 21.3. The van der Waals surface area contributed by atoms with E-state index >= 15 is 0 Å². The second-order valence-corrected chi connectivity index (χ2v) is 11.2. The summed E-state index contributed by atoms with van der Waals surface area (Å²) in [7, 11) is 0. The summed E-state index contributed by atoms with van der Waals surface area (Å²) in [4.78, 5) is 43.8. The van der Waals surface area contributed by atoms with Crippen LogP contribution in [-0.2, 0) is 9.59 Å². The Morgan fingerprint density at radius 1 is 0.841 bits per heavy atom. The highest BCUT2D eigenvalue weighted by Crippen LogP contribution is 2.26. The SMILES string of the molecule is O=C(CSc1cccc(NC(=O)/C(=C/c2ccccc2F)NC(=O)c2ccccc2)c1)Nc1nc(-c2ccc(F)cc2)cs1. The molecule has 0 fully saturated rings. The summed E-state index contributed by atoms with van der Waals surface area (Å²) in [6.07, 6.45) is 1.27. The largest absolute Gasteiger partial charge is 0.321 e. The van der Waals surface area contributed by atoms with Crippen LogP contribution in [0, 0.1) is 11.6 Å². The van der Waals surface area contributed by atoms with Crippen LogP contribution in [0.2, 0.25) is 0 Å². The maximum Gasteiger partial charge on any atom is 0.272 e. The Kier molecular flexibility index (Phi) is 9.90. The molecule has 0 atom stereocenters. The van der Waals surface area contributed by atoms with Gasteiger partial charge in [0.1, 0.15) is 17.3 Å². The zero-order chi connectivity index (χ0) is 30.9. The van der Waals surface area contributed by atoms with Crippen LogP contribution in [0.5, 0.6) is 0 Å². The Balaban J connectivity index is 1.23. The molecule has 0 aliphatic rings. The number of halogens is 2. The van der Waals surface area contributed by atoms with Crippen molar-refractivity contribution < 1.29 is 23.2 Å². The lowest BCUT2D eigenvalue weighted by molar-refractivity contribution is -0.114. The minimum Gasteiger partial charge on any atom is -0.321 e. The topological polar surface area (TPSA) is 100 Å². The first kappa shape index (κ1) is 30.3. The van der Waals surface area contributed by atoms with Gasteiger partial charge in [-0.05, 0) is 66.7 Å². The molecule has 0 aliphatic heterocycles. The van der Waals surface area contributed by atoms with Crippen molar-refractivity contribution in [2.45, 2.75) is 4.90 Å². The van der Waals surface area contributed by atoms with E-state index in [1.54, 1.807) is 78.2 Å². The van der Waals surface area contributed by atoms with Crippen LogP contribution in [0.15, 0.2) is 119 Å². The fourth-order valence-electron chi connectivity index (χ4n) is 3.94. The van der Waals surface area contributed by atoms with E-state index in [9.17, 15) is 23.2 Å². The Labute approximate surface area is 260 Å². The maximum atomic E-state index is 14.4. The predicted octanol–water partition coefficient (Wildman–Crippen LogP) is 7.23. The van der Waals surface area contributed by atoms with Gasteiger partial charge in [0, 0.05) is 32.7 Å². The monoisotopic (exact) mass is 626 g/mol. The van der Waals surface area contributed by atoms with Crippen LogP contribution < -0.4 is 16.0 Å².